The number of fused-ring (bicyclic) bond motifs is 1. The van der Waals surface area contributed by atoms with Crippen molar-refractivity contribution in [2.45, 2.75) is 32.9 Å². The van der Waals surface area contributed by atoms with Gasteiger partial charge in [0.05, 0.1) is 17.8 Å². The highest BCUT2D eigenvalue weighted by Crippen LogP contribution is 2.24. The predicted octanol–water partition coefficient (Wildman–Crippen LogP) is 2.95. The van der Waals surface area contributed by atoms with Gasteiger partial charge >= 0.3 is 5.76 Å². The first-order chi connectivity index (χ1) is 10.1. The van der Waals surface area contributed by atoms with Gasteiger partial charge in [0.2, 0.25) is 0 Å². The molecule has 1 atom stereocenters. The van der Waals surface area contributed by atoms with E-state index in [2.05, 4.69) is 0 Å². The van der Waals surface area contributed by atoms with Crippen molar-refractivity contribution in [2.75, 3.05) is 0 Å². The van der Waals surface area contributed by atoms with Gasteiger partial charge in [0.25, 0.3) is 0 Å². The van der Waals surface area contributed by atoms with Crippen molar-refractivity contribution in [1.29, 1.82) is 0 Å². The average Bonchev–Trinajstić information content (AvgIpc) is 3.02. The van der Waals surface area contributed by atoms with Gasteiger partial charge in [0.15, 0.2) is 5.58 Å². The molecule has 1 aromatic carbocycles. The van der Waals surface area contributed by atoms with E-state index in [0.29, 0.717) is 12.1 Å². The van der Waals surface area contributed by atoms with E-state index < -0.39 is 0 Å². The molecule has 2 heterocycles. The van der Waals surface area contributed by atoms with Gasteiger partial charge in [0.1, 0.15) is 5.76 Å². The summed E-state index contributed by atoms with van der Waals surface area (Å²) in [5.41, 5.74) is 9.41. The second-order valence-corrected chi connectivity index (χ2v) is 5.22. The van der Waals surface area contributed by atoms with E-state index in [0.717, 1.165) is 28.8 Å². The lowest BCUT2D eigenvalue weighted by molar-refractivity contribution is 0.502. The Morgan fingerprint density at radius 1 is 1.29 bits per heavy atom. The fourth-order valence-corrected chi connectivity index (χ4v) is 2.53. The Labute approximate surface area is 122 Å². The molecule has 0 spiro atoms. The Balaban J connectivity index is 2.03. The third-order valence-corrected chi connectivity index (χ3v) is 3.61. The molecular formula is C16H18N2O3. The molecule has 0 amide bonds. The molecule has 5 nitrogen and oxygen atoms in total. The van der Waals surface area contributed by atoms with Gasteiger partial charge in [-0.05, 0) is 37.1 Å². The fraction of sp³-hybridized carbons (Fsp3) is 0.312. The number of rotatable bonds is 4. The Hall–Kier alpha value is -2.27. The topological polar surface area (TPSA) is 74.3 Å². The molecule has 0 bridgehead atoms. The lowest BCUT2D eigenvalue weighted by atomic mass is 10.0. The van der Waals surface area contributed by atoms with Crippen LogP contribution in [0.3, 0.4) is 0 Å². The number of hydrogen-bond donors (Lipinski definition) is 1. The van der Waals surface area contributed by atoms with Gasteiger partial charge < -0.3 is 14.6 Å². The summed E-state index contributed by atoms with van der Waals surface area (Å²) < 4.78 is 12.2. The van der Waals surface area contributed by atoms with E-state index in [1.165, 1.54) is 0 Å². The van der Waals surface area contributed by atoms with Crippen LogP contribution in [0.4, 0.5) is 0 Å². The van der Waals surface area contributed by atoms with E-state index in [-0.39, 0.29) is 11.8 Å². The highest BCUT2D eigenvalue weighted by Gasteiger charge is 2.15. The van der Waals surface area contributed by atoms with E-state index in [4.69, 9.17) is 14.6 Å². The molecule has 0 fully saturated rings. The van der Waals surface area contributed by atoms with Crippen molar-refractivity contribution in [1.82, 2.24) is 4.57 Å². The summed E-state index contributed by atoms with van der Waals surface area (Å²) in [4.78, 5) is 11.8. The number of nitrogens with zero attached hydrogens (tertiary/aromatic N) is 1. The lowest BCUT2D eigenvalue weighted by Gasteiger charge is -2.09. The quantitative estimate of drug-likeness (QED) is 0.800. The molecular weight excluding hydrogens is 268 g/mol. The fourth-order valence-electron chi connectivity index (χ4n) is 2.53. The van der Waals surface area contributed by atoms with Crippen molar-refractivity contribution in [3.63, 3.8) is 0 Å². The minimum Gasteiger partial charge on any atom is -0.469 e. The molecule has 0 radical (unpaired) electrons. The molecule has 2 N–H and O–H groups in total. The number of hydrogen-bond acceptors (Lipinski definition) is 4. The maximum atomic E-state index is 11.8. The summed E-state index contributed by atoms with van der Waals surface area (Å²) in [6, 6.07) is 7.25. The number of aryl methyl sites for hydroxylation is 2. The number of benzene rings is 1. The highest BCUT2D eigenvalue weighted by atomic mass is 16.4. The van der Waals surface area contributed by atoms with Crippen LogP contribution in [0.15, 0.2) is 44.2 Å². The minimum absolute atomic E-state index is 0.299. The van der Waals surface area contributed by atoms with Crippen molar-refractivity contribution < 1.29 is 8.83 Å². The first-order valence-corrected chi connectivity index (χ1v) is 7.04. The molecule has 0 aliphatic heterocycles. The first kappa shape index (κ1) is 13.7. The predicted molar refractivity (Wildman–Crippen MR) is 80.2 cm³/mol. The van der Waals surface area contributed by atoms with Gasteiger partial charge in [-0.25, -0.2) is 4.79 Å². The zero-order valence-corrected chi connectivity index (χ0v) is 12.1. The van der Waals surface area contributed by atoms with E-state index in [1.54, 1.807) is 10.8 Å². The average molecular weight is 286 g/mol. The molecule has 5 heteroatoms. The van der Waals surface area contributed by atoms with Crippen molar-refractivity contribution in [2.24, 2.45) is 5.73 Å². The summed E-state index contributed by atoms with van der Waals surface area (Å²) in [6.07, 6.45) is 2.53. The minimum atomic E-state index is -0.322. The SMILES string of the molecule is CCCn1c(=O)oc2cc(C(N)c3coc(C)c3)ccc21. The standard InChI is InChI=1S/C16H18N2O3/c1-3-6-18-13-5-4-11(8-14(13)21-16(18)19)15(17)12-7-10(2)20-9-12/h4-5,7-9,15H,3,6,17H2,1-2H3. The monoisotopic (exact) mass is 286 g/mol. The summed E-state index contributed by atoms with van der Waals surface area (Å²) in [5, 5.41) is 0. The smallest absolute Gasteiger partial charge is 0.419 e. The summed E-state index contributed by atoms with van der Waals surface area (Å²) >= 11 is 0. The zero-order valence-electron chi connectivity index (χ0n) is 12.1. The third-order valence-electron chi connectivity index (χ3n) is 3.61. The van der Waals surface area contributed by atoms with E-state index >= 15 is 0 Å². The third kappa shape index (κ3) is 2.40. The largest absolute Gasteiger partial charge is 0.469 e. The van der Waals surface area contributed by atoms with Crippen LogP contribution in [0, 0.1) is 6.92 Å². The molecule has 0 saturated carbocycles. The molecule has 1 unspecified atom stereocenters. The number of furan rings is 1. The van der Waals surface area contributed by atoms with E-state index in [1.807, 2.05) is 38.1 Å². The van der Waals surface area contributed by atoms with Gasteiger partial charge in [-0.2, -0.15) is 0 Å². The number of aromatic nitrogens is 1. The molecule has 3 aromatic rings. The van der Waals surface area contributed by atoms with Crippen LogP contribution >= 0.6 is 0 Å². The molecule has 0 saturated heterocycles. The van der Waals surface area contributed by atoms with Crippen LogP contribution in [0.5, 0.6) is 0 Å². The Morgan fingerprint density at radius 2 is 2.10 bits per heavy atom. The van der Waals surface area contributed by atoms with Crippen molar-refractivity contribution in [3.8, 4) is 0 Å². The number of nitrogens with two attached hydrogens (primary N) is 1. The Bertz CT molecular complexity index is 826. The van der Waals surface area contributed by atoms with Crippen LogP contribution in [0.25, 0.3) is 11.1 Å². The van der Waals surface area contributed by atoms with Crippen molar-refractivity contribution >= 4 is 11.1 Å². The second kappa shape index (κ2) is 5.26. The van der Waals surface area contributed by atoms with Gasteiger partial charge in [0, 0.05) is 12.1 Å². The number of oxazole rings is 1. The highest BCUT2D eigenvalue weighted by molar-refractivity contribution is 5.74. The molecule has 0 aliphatic rings. The normalized spacial score (nSPS) is 12.9. The molecule has 2 aromatic heterocycles. The summed E-state index contributed by atoms with van der Waals surface area (Å²) in [7, 11) is 0. The van der Waals surface area contributed by atoms with Gasteiger partial charge in [-0.1, -0.05) is 13.0 Å². The molecule has 21 heavy (non-hydrogen) atoms. The lowest BCUT2D eigenvalue weighted by Crippen LogP contribution is -2.13. The molecule has 110 valence electrons. The van der Waals surface area contributed by atoms with Crippen molar-refractivity contribution in [3.05, 3.63) is 58.0 Å². The Kier molecular flexibility index (Phi) is 3.43. The summed E-state index contributed by atoms with van der Waals surface area (Å²) in [5.74, 6) is 0.499. The second-order valence-electron chi connectivity index (χ2n) is 5.22. The van der Waals surface area contributed by atoms with E-state index in [9.17, 15) is 4.79 Å². The maximum Gasteiger partial charge on any atom is 0.419 e. The summed E-state index contributed by atoms with van der Waals surface area (Å²) in [6.45, 7) is 4.55. The maximum absolute atomic E-state index is 11.8. The van der Waals surface area contributed by atoms with Crippen LogP contribution < -0.4 is 11.5 Å². The van der Waals surface area contributed by atoms with Gasteiger partial charge in [-0.15, -0.1) is 0 Å². The molecule has 0 aliphatic carbocycles. The van der Waals surface area contributed by atoms with Crippen LogP contribution in [-0.4, -0.2) is 4.57 Å². The zero-order chi connectivity index (χ0) is 15.0. The van der Waals surface area contributed by atoms with Gasteiger partial charge in [-0.3, -0.25) is 4.57 Å². The van der Waals surface area contributed by atoms with Crippen LogP contribution in [0.1, 0.15) is 36.3 Å². The van der Waals surface area contributed by atoms with Crippen LogP contribution in [0.2, 0.25) is 0 Å². The molecule has 3 rings (SSSR count). The first-order valence-electron chi connectivity index (χ1n) is 7.04. The Morgan fingerprint density at radius 3 is 2.76 bits per heavy atom. The van der Waals surface area contributed by atoms with Crippen LogP contribution in [-0.2, 0) is 6.54 Å².